The molecule has 1 aliphatic heterocycles. The van der Waals surface area contributed by atoms with Crippen LogP contribution in [0.15, 0.2) is 36.4 Å². The SMILES string of the molecule is CCc1ccccc1C(=O)NCC1CCCN(C(=O)C2CC=CC2)C1. The molecule has 0 radical (unpaired) electrons. The van der Waals surface area contributed by atoms with E-state index in [1.807, 2.05) is 29.2 Å². The van der Waals surface area contributed by atoms with Gasteiger partial charge in [-0.1, -0.05) is 37.3 Å². The molecule has 0 aromatic heterocycles. The fourth-order valence-corrected chi connectivity index (χ4v) is 3.89. The second-order valence-electron chi connectivity index (χ2n) is 7.15. The first-order valence-corrected chi connectivity index (χ1v) is 9.49. The Balaban J connectivity index is 1.52. The summed E-state index contributed by atoms with van der Waals surface area (Å²) in [7, 11) is 0. The Morgan fingerprint density at radius 3 is 2.72 bits per heavy atom. The number of hydrogen-bond donors (Lipinski definition) is 1. The van der Waals surface area contributed by atoms with E-state index in [0.29, 0.717) is 12.5 Å². The fourth-order valence-electron chi connectivity index (χ4n) is 3.89. The van der Waals surface area contributed by atoms with Crippen molar-refractivity contribution in [2.24, 2.45) is 11.8 Å². The minimum atomic E-state index is 0.000827. The number of nitrogens with zero attached hydrogens (tertiary/aromatic N) is 1. The molecule has 1 saturated heterocycles. The summed E-state index contributed by atoms with van der Waals surface area (Å²) in [5, 5.41) is 3.08. The van der Waals surface area contributed by atoms with Gasteiger partial charge < -0.3 is 10.2 Å². The Bertz CT molecular complexity index is 645. The molecule has 4 heteroatoms. The predicted octanol–water partition coefficient (Wildman–Crippen LogP) is 3.18. The van der Waals surface area contributed by atoms with Crippen LogP contribution in [0, 0.1) is 11.8 Å². The van der Waals surface area contributed by atoms with Gasteiger partial charge in [0.05, 0.1) is 0 Å². The second kappa shape index (κ2) is 8.32. The highest BCUT2D eigenvalue weighted by atomic mass is 16.2. The molecule has 3 rings (SSSR count). The van der Waals surface area contributed by atoms with Gasteiger partial charge in [0.15, 0.2) is 0 Å². The van der Waals surface area contributed by atoms with Crippen molar-refractivity contribution in [2.45, 2.75) is 39.0 Å². The van der Waals surface area contributed by atoms with E-state index < -0.39 is 0 Å². The summed E-state index contributed by atoms with van der Waals surface area (Å²) < 4.78 is 0. The molecule has 2 amide bonds. The summed E-state index contributed by atoms with van der Waals surface area (Å²) in [6, 6.07) is 7.77. The lowest BCUT2D eigenvalue weighted by molar-refractivity contribution is -0.136. The number of piperidine rings is 1. The van der Waals surface area contributed by atoms with E-state index in [4.69, 9.17) is 0 Å². The van der Waals surface area contributed by atoms with Gasteiger partial charge in [-0.2, -0.15) is 0 Å². The van der Waals surface area contributed by atoms with E-state index in [9.17, 15) is 9.59 Å². The molecule has 1 fully saturated rings. The monoisotopic (exact) mass is 340 g/mol. The molecule has 2 aliphatic rings. The van der Waals surface area contributed by atoms with Gasteiger partial charge in [-0.3, -0.25) is 9.59 Å². The topological polar surface area (TPSA) is 49.4 Å². The van der Waals surface area contributed by atoms with Gasteiger partial charge in [-0.15, -0.1) is 0 Å². The largest absolute Gasteiger partial charge is 0.352 e. The van der Waals surface area contributed by atoms with Gasteiger partial charge in [0, 0.05) is 31.1 Å². The Labute approximate surface area is 150 Å². The van der Waals surface area contributed by atoms with Crippen molar-refractivity contribution in [2.75, 3.05) is 19.6 Å². The third kappa shape index (κ3) is 4.30. The van der Waals surface area contributed by atoms with Crippen LogP contribution in [0.3, 0.4) is 0 Å². The number of hydrogen-bond acceptors (Lipinski definition) is 2. The van der Waals surface area contributed by atoms with Crippen LogP contribution in [-0.4, -0.2) is 36.3 Å². The number of amides is 2. The Hall–Kier alpha value is -2.10. The smallest absolute Gasteiger partial charge is 0.251 e. The summed E-state index contributed by atoms with van der Waals surface area (Å²) in [6.07, 6.45) is 8.92. The molecule has 1 heterocycles. The number of likely N-dealkylation sites (tertiary alicyclic amines) is 1. The third-order valence-corrected chi connectivity index (χ3v) is 5.38. The quantitative estimate of drug-likeness (QED) is 0.837. The van der Waals surface area contributed by atoms with Crippen LogP contribution in [0.2, 0.25) is 0 Å². The predicted molar refractivity (Wildman–Crippen MR) is 99.3 cm³/mol. The average Bonchev–Trinajstić information content (AvgIpc) is 3.20. The number of nitrogens with one attached hydrogen (secondary N) is 1. The lowest BCUT2D eigenvalue weighted by atomic mass is 9.95. The Morgan fingerprint density at radius 1 is 1.20 bits per heavy atom. The first-order valence-electron chi connectivity index (χ1n) is 9.49. The van der Waals surface area contributed by atoms with Crippen molar-refractivity contribution in [1.82, 2.24) is 10.2 Å². The molecule has 4 nitrogen and oxygen atoms in total. The van der Waals surface area contributed by atoms with Crippen LogP contribution < -0.4 is 5.32 Å². The summed E-state index contributed by atoms with van der Waals surface area (Å²) in [4.78, 5) is 27.1. The maximum atomic E-state index is 12.6. The molecule has 1 atom stereocenters. The molecule has 1 aromatic rings. The van der Waals surface area contributed by atoms with E-state index >= 15 is 0 Å². The Kier molecular flexibility index (Phi) is 5.90. The zero-order valence-electron chi connectivity index (χ0n) is 15.0. The van der Waals surface area contributed by atoms with E-state index in [1.54, 1.807) is 0 Å². The number of carbonyl (C=O) groups excluding carboxylic acids is 2. The van der Waals surface area contributed by atoms with Crippen LogP contribution in [-0.2, 0) is 11.2 Å². The highest BCUT2D eigenvalue weighted by Gasteiger charge is 2.29. The van der Waals surface area contributed by atoms with Crippen LogP contribution in [0.4, 0.5) is 0 Å². The minimum Gasteiger partial charge on any atom is -0.352 e. The number of aryl methyl sites for hydroxylation is 1. The molecule has 1 N–H and O–H groups in total. The molecule has 1 unspecified atom stereocenters. The van der Waals surface area contributed by atoms with Gasteiger partial charge in [0.2, 0.25) is 5.91 Å². The Morgan fingerprint density at radius 2 is 1.96 bits per heavy atom. The molecule has 0 spiro atoms. The average molecular weight is 340 g/mol. The van der Waals surface area contributed by atoms with Crippen molar-refractivity contribution in [3.63, 3.8) is 0 Å². The molecular weight excluding hydrogens is 312 g/mol. The van der Waals surface area contributed by atoms with Crippen LogP contribution >= 0.6 is 0 Å². The fraction of sp³-hybridized carbons (Fsp3) is 0.524. The normalized spacial score (nSPS) is 20.7. The summed E-state index contributed by atoms with van der Waals surface area (Å²) >= 11 is 0. The van der Waals surface area contributed by atoms with E-state index in [1.165, 1.54) is 0 Å². The lowest BCUT2D eigenvalue weighted by Crippen LogP contribution is -2.45. The van der Waals surface area contributed by atoms with Crippen molar-refractivity contribution < 1.29 is 9.59 Å². The van der Waals surface area contributed by atoms with Crippen LogP contribution in [0.5, 0.6) is 0 Å². The molecule has 0 bridgehead atoms. The number of rotatable bonds is 5. The van der Waals surface area contributed by atoms with Gasteiger partial charge in [-0.05, 0) is 49.7 Å². The second-order valence-corrected chi connectivity index (χ2v) is 7.15. The zero-order valence-corrected chi connectivity index (χ0v) is 15.0. The molecule has 25 heavy (non-hydrogen) atoms. The standard InChI is InChI=1S/C21H28N2O2/c1-2-17-9-5-6-12-19(17)20(24)22-14-16-8-7-13-23(15-16)21(25)18-10-3-4-11-18/h3-6,9,12,16,18H,2,7-8,10-11,13-15H2,1H3,(H,22,24). The minimum absolute atomic E-state index is 0.000827. The van der Waals surface area contributed by atoms with Gasteiger partial charge in [0.1, 0.15) is 0 Å². The van der Waals surface area contributed by atoms with E-state index in [-0.39, 0.29) is 17.7 Å². The van der Waals surface area contributed by atoms with Crippen molar-refractivity contribution in [1.29, 1.82) is 0 Å². The first-order chi connectivity index (χ1) is 12.2. The van der Waals surface area contributed by atoms with Crippen LogP contribution in [0.1, 0.15) is 48.5 Å². The van der Waals surface area contributed by atoms with E-state index in [2.05, 4.69) is 24.4 Å². The van der Waals surface area contributed by atoms with Gasteiger partial charge in [0.25, 0.3) is 5.91 Å². The van der Waals surface area contributed by atoms with Gasteiger partial charge >= 0.3 is 0 Å². The number of benzene rings is 1. The molecule has 1 aromatic carbocycles. The maximum absolute atomic E-state index is 12.6. The highest BCUT2D eigenvalue weighted by molar-refractivity contribution is 5.95. The molecular formula is C21H28N2O2. The first kappa shape index (κ1) is 17.7. The van der Waals surface area contributed by atoms with Gasteiger partial charge in [-0.25, -0.2) is 0 Å². The molecule has 0 saturated carbocycles. The van der Waals surface area contributed by atoms with Crippen molar-refractivity contribution in [3.8, 4) is 0 Å². The van der Waals surface area contributed by atoms with Crippen molar-refractivity contribution >= 4 is 11.8 Å². The number of carbonyl (C=O) groups is 2. The van der Waals surface area contributed by atoms with Crippen molar-refractivity contribution in [3.05, 3.63) is 47.5 Å². The van der Waals surface area contributed by atoms with Crippen LogP contribution in [0.25, 0.3) is 0 Å². The third-order valence-electron chi connectivity index (χ3n) is 5.38. The summed E-state index contributed by atoms with van der Waals surface area (Å²) in [5.74, 6) is 0.785. The highest BCUT2D eigenvalue weighted by Crippen LogP contribution is 2.24. The molecule has 134 valence electrons. The maximum Gasteiger partial charge on any atom is 0.251 e. The lowest BCUT2D eigenvalue weighted by Gasteiger charge is -2.34. The molecule has 1 aliphatic carbocycles. The summed E-state index contributed by atoms with van der Waals surface area (Å²) in [6.45, 7) is 4.34. The summed E-state index contributed by atoms with van der Waals surface area (Å²) in [5.41, 5.74) is 1.85. The number of allylic oxidation sites excluding steroid dienone is 2. The zero-order chi connectivity index (χ0) is 17.6. The van der Waals surface area contributed by atoms with E-state index in [0.717, 1.165) is 56.3 Å².